The van der Waals surface area contributed by atoms with Crippen LogP contribution >= 0.6 is 15.9 Å². The fourth-order valence-corrected chi connectivity index (χ4v) is 3.43. The number of rotatable bonds is 6. The second kappa shape index (κ2) is 9.11. The molecule has 5 heteroatoms. The smallest absolute Gasteiger partial charge is 0.322 e. The number of halogens is 1. The molecule has 4 nitrogen and oxygen atoms in total. The van der Waals surface area contributed by atoms with E-state index >= 15 is 0 Å². The maximum absolute atomic E-state index is 12.9. The Morgan fingerprint density at radius 2 is 1.79 bits per heavy atom. The quantitative estimate of drug-likeness (QED) is 0.498. The van der Waals surface area contributed by atoms with Gasteiger partial charge in [0, 0.05) is 29.0 Å². The number of carbonyl (C=O) groups is 1. The molecule has 1 heterocycles. The third-order valence-electron chi connectivity index (χ3n) is 4.73. The van der Waals surface area contributed by atoms with Gasteiger partial charge in [0.1, 0.15) is 0 Å². The first kappa shape index (κ1) is 20.2. The molecule has 28 heavy (non-hydrogen) atoms. The Morgan fingerprint density at radius 3 is 2.46 bits per heavy atom. The zero-order valence-corrected chi connectivity index (χ0v) is 18.1. The summed E-state index contributed by atoms with van der Waals surface area (Å²) in [5.74, 6) is 0. The van der Waals surface area contributed by atoms with E-state index in [0.717, 1.165) is 22.4 Å². The summed E-state index contributed by atoms with van der Waals surface area (Å²) >= 11 is 3.49. The fourth-order valence-electron chi connectivity index (χ4n) is 3.05. The molecule has 0 bridgehead atoms. The predicted octanol–water partition coefficient (Wildman–Crippen LogP) is 6.05. The SMILES string of the molecule is Cc1ccc(Cn2cccc2CN(C(=O)Nc2ccccc2Br)C(C)C)cc1. The van der Waals surface area contributed by atoms with Gasteiger partial charge in [0.05, 0.1) is 12.2 Å². The number of amides is 2. The number of urea groups is 1. The summed E-state index contributed by atoms with van der Waals surface area (Å²) in [6, 6.07) is 20.3. The number of anilines is 1. The number of aromatic nitrogens is 1. The van der Waals surface area contributed by atoms with Crippen LogP contribution in [0, 0.1) is 6.92 Å². The predicted molar refractivity (Wildman–Crippen MR) is 119 cm³/mol. The number of aryl methyl sites for hydroxylation is 1. The second-order valence-corrected chi connectivity index (χ2v) is 8.10. The lowest BCUT2D eigenvalue weighted by atomic mass is 10.1. The Labute approximate surface area is 175 Å². The van der Waals surface area contributed by atoms with E-state index in [1.54, 1.807) is 0 Å². The summed E-state index contributed by atoms with van der Waals surface area (Å²) in [7, 11) is 0. The van der Waals surface area contributed by atoms with Gasteiger partial charge in [-0.1, -0.05) is 42.0 Å². The summed E-state index contributed by atoms with van der Waals surface area (Å²) < 4.78 is 3.07. The van der Waals surface area contributed by atoms with E-state index in [0.29, 0.717) is 6.54 Å². The van der Waals surface area contributed by atoms with Gasteiger partial charge in [-0.2, -0.15) is 0 Å². The summed E-state index contributed by atoms with van der Waals surface area (Å²) in [6.07, 6.45) is 2.07. The molecule has 2 aromatic carbocycles. The average molecular weight is 440 g/mol. The Balaban J connectivity index is 1.74. The van der Waals surface area contributed by atoms with Crippen molar-refractivity contribution in [2.75, 3.05) is 5.32 Å². The van der Waals surface area contributed by atoms with Crippen LogP contribution in [0.1, 0.15) is 30.7 Å². The number of hydrogen-bond donors (Lipinski definition) is 1. The summed E-state index contributed by atoms with van der Waals surface area (Å²) in [5, 5.41) is 3.01. The van der Waals surface area contributed by atoms with E-state index in [1.807, 2.05) is 49.1 Å². The molecule has 0 aliphatic carbocycles. The first-order chi connectivity index (χ1) is 13.4. The first-order valence-corrected chi connectivity index (χ1v) is 10.2. The molecule has 3 aromatic rings. The van der Waals surface area contributed by atoms with Crippen LogP contribution in [0.25, 0.3) is 0 Å². The monoisotopic (exact) mass is 439 g/mol. The Kier molecular flexibility index (Phi) is 6.57. The van der Waals surface area contributed by atoms with Crippen molar-refractivity contribution in [3.63, 3.8) is 0 Å². The largest absolute Gasteiger partial charge is 0.345 e. The van der Waals surface area contributed by atoms with E-state index in [2.05, 4.69) is 69.3 Å². The van der Waals surface area contributed by atoms with Crippen LogP contribution in [0.3, 0.4) is 0 Å². The lowest BCUT2D eigenvalue weighted by molar-refractivity contribution is 0.192. The molecule has 1 N–H and O–H groups in total. The van der Waals surface area contributed by atoms with Crippen LogP contribution in [-0.2, 0) is 13.1 Å². The van der Waals surface area contributed by atoms with Crippen LogP contribution in [0.4, 0.5) is 10.5 Å². The standard InChI is InChI=1S/C23H26BrN3O/c1-17(2)27(23(28)25-22-9-5-4-8-21(22)24)16-20-7-6-14-26(20)15-19-12-10-18(3)11-13-19/h4-14,17H,15-16H2,1-3H3,(H,25,28). The van der Waals surface area contributed by atoms with Gasteiger partial charge in [-0.3, -0.25) is 0 Å². The van der Waals surface area contributed by atoms with Crippen molar-refractivity contribution >= 4 is 27.6 Å². The first-order valence-electron chi connectivity index (χ1n) is 9.46. The maximum atomic E-state index is 12.9. The fraction of sp³-hybridized carbons (Fsp3) is 0.261. The maximum Gasteiger partial charge on any atom is 0.322 e. The molecular formula is C23H26BrN3O. The molecule has 0 unspecified atom stereocenters. The zero-order chi connectivity index (χ0) is 20.1. The van der Waals surface area contributed by atoms with Gasteiger partial charge in [0.25, 0.3) is 0 Å². The van der Waals surface area contributed by atoms with Crippen LogP contribution < -0.4 is 5.32 Å². The molecule has 0 fully saturated rings. The van der Waals surface area contributed by atoms with Crippen molar-refractivity contribution in [1.29, 1.82) is 0 Å². The van der Waals surface area contributed by atoms with Crippen molar-refractivity contribution in [2.45, 2.75) is 39.9 Å². The Hall–Kier alpha value is -2.53. The molecule has 0 aliphatic rings. The van der Waals surface area contributed by atoms with Crippen LogP contribution in [-0.4, -0.2) is 21.5 Å². The van der Waals surface area contributed by atoms with E-state index in [1.165, 1.54) is 11.1 Å². The lowest BCUT2D eigenvalue weighted by Gasteiger charge is -2.28. The van der Waals surface area contributed by atoms with Crippen molar-refractivity contribution in [2.24, 2.45) is 0 Å². The summed E-state index contributed by atoms with van der Waals surface area (Å²) in [5.41, 5.74) is 4.38. The zero-order valence-electron chi connectivity index (χ0n) is 16.5. The molecule has 0 spiro atoms. The molecule has 0 aliphatic heterocycles. The second-order valence-electron chi connectivity index (χ2n) is 7.24. The summed E-state index contributed by atoms with van der Waals surface area (Å²) in [4.78, 5) is 14.8. The van der Waals surface area contributed by atoms with Crippen molar-refractivity contribution in [3.05, 3.63) is 88.2 Å². The minimum absolute atomic E-state index is 0.0743. The van der Waals surface area contributed by atoms with Crippen LogP contribution in [0.2, 0.25) is 0 Å². The molecule has 0 radical (unpaired) electrons. The van der Waals surface area contributed by atoms with Crippen LogP contribution in [0.5, 0.6) is 0 Å². The van der Waals surface area contributed by atoms with E-state index in [4.69, 9.17) is 0 Å². The third kappa shape index (κ3) is 5.04. The lowest BCUT2D eigenvalue weighted by Crippen LogP contribution is -2.40. The van der Waals surface area contributed by atoms with E-state index in [9.17, 15) is 4.79 Å². The highest BCUT2D eigenvalue weighted by Gasteiger charge is 2.19. The van der Waals surface area contributed by atoms with Gasteiger partial charge < -0.3 is 14.8 Å². The van der Waals surface area contributed by atoms with Gasteiger partial charge in [0.15, 0.2) is 0 Å². The number of nitrogens with zero attached hydrogens (tertiary/aromatic N) is 2. The molecule has 0 saturated heterocycles. The van der Waals surface area contributed by atoms with E-state index < -0.39 is 0 Å². The molecule has 0 saturated carbocycles. The normalized spacial score (nSPS) is 10.9. The highest BCUT2D eigenvalue weighted by Crippen LogP contribution is 2.22. The molecular weight excluding hydrogens is 414 g/mol. The van der Waals surface area contributed by atoms with Crippen molar-refractivity contribution < 1.29 is 4.79 Å². The van der Waals surface area contributed by atoms with Crippen molar-refractivity contribution in [3.8, 4) is 0 Å². The van der Waals surface area contributed by atoms with Gasteiger partial charge in [-0.15, -0.1) is 0 Å². The number of nitrogens with one attached hydrogen (secondary N) is 1. The van der Waals surface area contributed by atoms with E-state index in [-0.39, 0.29) is 12.1 Å². The highest BCUT2D eigenvalue weighted by molar-refractivity contribution is 9.10. The number of benzene rings is 2. The van der Waals surface area contributed by atoms with Gasteiger partial charge >= 0.3 is 6.03 Å². The molecule has 3 rings (SSSR count). The third-order valence-corrected chi connectivity index (χ3v) is 5.42. The topological polar surface area (TPSA) is 37.3 Å². The Morgan fingerprint density at radius 1 is 1.07 bits per heavy atom. The van der Waals surface area contributed by atoms with Gasteiger partial charge in [0.2, 0.25) is 0 Å². The average Bonchev–Trinajstić information content (AvgIpc) is 3.10. The highest BCUT2D eigenvalue weighted by atomic mass is 79.9. The Bertz CT molecular complexity index is 931. The van der Waals surface area contributed by atoms with Crippen LogP contribution in [0.15, 0.2) is 71.3 Å². The minimum Gasteiger partial charge on any atom is -0.345 e. The molecule has 146 valence electrons. The number of hydrogen-bond acceptors (Lipinski definition) is 1. The van der Waals surface area contributed by atoms with Gasteiger partial charge in [-0.05, 0) is 66.5 Å². The number of carbonyl (C=O) groups excluding carboxylic acids is 1. The summed E-state index contributed by atoms with van der Waals surface area (Å²) in [6.45, 7) is 7.50. The number of para-hydroxylation sites is 1. The molecule has 1 aromatic heterocycles. The minimum atomic E-state index is -0.106. The molecule has 0 atom stereocenters. The van der Waals surface area contributed by atoms with Crippen molar-refractivity contribution in [1.82, 2.24) is 9.47 Å². The molecule has 2 amide bonds. The van der Waals surface area contributed by atoms with Gasteiger partial charge in [-0.25, -0.2) is 4.79 Å².